The molecule has 0 aliphatic rings. The van der Waals surface area contributed by atoms with Crippen LogP contribution < -0.4 is 4.74 Å². The van der Waals surface area contributed by atoms with Gasteiger partial charge in [0.05, 0.1) is 0 Å². The monoisotopic (exact) mass is 271 g/mol. The zero-order chi connectivity index (χ0) is 9.84. The minimum Gasteiger partial charge on any atom is -0.434 e. The fourth-order valence-electron chi connectivity index (χ4n) is 0.747. The third kappa shape index (κ3) is 3.08. The first-order valence-corrected chi connectivity index (χ1v) is 4.78. The van der Waals surface area contributed by atoms with Gasteiger partial charge in [0.2, 0.25) is 0 Å². The van der Waals surface area contributed by atoms with Crippen LogP contribution in [0.2, 0.25) is 5.15 Å². The summed E-state index contributed by atoms with van der Waals surface area (Å²) in [4.78, 5) is 3.73. The number of hydrogen-bond acceptors (Lipinski definition) is 2. The molecule has 0 spiro atoms. The van der Waals surface area contributed by atoms with E-state index < -0.39 is 6.61 Å². The Labute approximate surface area is 87.0 Å². The van der Waals surface area contributed by atoms with Gasteiger partial charge in [-0.2, -0.15) is 8.78 Å². The topological polar surface area (TPSA) is 22.1 Å². The maximum atomic E-state index is 11.9. The lowest BCUT2D eigenvalue weighted by Crippen LogP contribution is -2.04. The minimum atomic E-state index is -2.85. The molecule has 0 N–H and O–H groups in total. The third-order valence-electron chi connectivity index (χ3n) is 1.27. The van der Waals surface area contributed by atoms with E-state index in [0.717, 1.165) is 0 Å². The summed E-state index contributed by atoms with van der Waals surface area (Å²) in [7, 11) is 0. The van der Waals surface area contributed by atoms with Crippen LogP contribution in [0.3, 0.4) is 0 Å². The number of aromatic nitrogens is 1. The highest BCUT2D eigenvalue weighted by Gasteiger charge is 2.09. The maximum absolute atomic E-state index is 11.9. The molecule has 0 aliphatic heterocycles. The largest absolute Gasteiger partial charge is 0.434 e. The van der Waals surface area contributed by atoms with Crippen molar-refractivity contribution in [2.45, 2.75) is 11.9 Å². The Morgan fingerprint density at radius 1 is 1.62 bits per heavy atom. The predicted molar refractivity (Wildman–Crippen MR) is 48.5 cm³/mol. The van der Waals surface area contributed by atoms with Gasteiger partial charge < -0.3 is 4.74 Å². The molecule has 13 heavy (non-hydrogen) atoms. The summed E-state index contributed by atoms with van der Waals surface area (Å²) < 4.78 is 28.0. The molecular weight excluding hydrogens is 267 g/mol. The average Bonchev–Trinajstić information content (AvgIpc) is 2.03. The van der Waals surface area contributed by atoms with E-state index in [4.69, 9.17) is 11.6 Å². The van der Waals surface area contributed by atoms with E-state index in [-0.39, 0.29) is 10.9 Å². The number of nitrogens with zero attached hydrogens (tertiary/aromatic N) is 1. The summed E-state index contributed by atoms with van der Waals surface area (Å²) in [6.45, 7) is -2.85. The lowest BCUT2D eigenvalue weighted by Gasteiger charge is -2.07. The standard InChI is InChI=1S/C7H5BrClF2NO/c8-2-4-3-12-6(9)1-5(4)13-7(10)11/h1,3,7H,2H2. The molecule has 1 aromatic heterocycles. The van der Waals surface area contributed by atoms with Crippen molar-refractivity contribution in [1.29, 1.82) is 0 Å². The summed E-state index contributed by atoms with van der Waals surface area (Å²) in [6, 6.07) is 1.25. The van der Waals surface area contributed by atoms with Gasteiger partial charge in [-0.1, -0.05) is 27.5 Å². The normalized spacial score (nSPS) is 10.5. The first-order chi connectivity index (χ1) is 6.13. The Hall–Kier alpha value is -0.420. The Morgan fingerprint density at radius 2 is 2.31 bits per heavy atom. The van der Waals surface area contributed by atoms with Gasteiger partial charge in [0.15, 0.2) is 0 Å². The lowest BCUT2D eigenvalue weighted by molar-refractivity contribution is -0.0503. The van der Waals surface area contributed by atoms with E-state index in [0.29, 0.717) is 10.9 Å². The number of halogens is 4. The van der Waals surface area contributed by atoms with Crippen molar-refractivity contribution < 1.29 is 13.5 Å². The molecule has 72 valence electrons. The molecule has 1 rings (SSSR count). The van der Waals surface area contributed by atoms with Crippen molar-refractivity contribution in [1.82, 2.24) is 4.98 Å². The Balaban J connectivity index is 2.94. The van der Waals surface area contributed by atoms with Crippen LogP contribution in [0, 0.1) is 0 Å². The van der Waals surface area contributed by atoms with Crippen LogP contribution in [0.15, 0.2) is 12.3 Å². The molecule has 6 heteroatoms. The van der Waals surface area contributed by atoms with Crippen LogP contribution in [-0.4, -0.2) is 11.6 Å². The maximum Gasteiger partial charge on any atom is 0.387 e. The fourth-order valence-corrected chi connectivity index (χ4v) is 1.32. The smallest absolute Gasteiger partial charge is 0.387 e. The van der Waals surface area contributed by atoms with E-state index in [1.54, 1.807) is 0 Å². The molecule has 0 fully saturated rings. The molecule has 0 unspecified atom stereocenters. The van der Waals surface area contributed by atoms with Crippen molar-refractivity contribution in [3.8, 4) is 5.75 Å². The highest BCUT2D eigenvalue weighted by Crippen LogP contribution is 2.24. The van der Waals surface area contributed by atoms with E-state index >= 15 is 0 Å². The Bertz CT molecular complexity index is 298. The molecule has 0 atom stereocenters. The Kier molecular flexibility index (Phi) is 3.87. The fraction of sp³-hybridized carbons (Fsp3) is 0.286. The first-order valence-electron chi connectivity index (χ1n) is 3.28. The van der Waals surface area contributed by atoms with Crippen LogP contribution in [0.4, 0.5) is 8.78 Å². The van der Waals surface area contributed by atoms with Crippen LogP contribution in [0.1, 0.15) is 5.56 Å². The van der Waals surface area contributed by atoms with Gasteiger partial charge in [-0.05, 0) is 0 Å². The van der Waals surface area contributed by atoms with Crippen LogP contribution in [-0.2, 0) is 5.33 Å². The molecule has 0 aromatic carbocycles. The lowest BCUT2D eigenvalue weighted by atomic mass is 10.3. The number of alkyl halides is 3. The van der Waals surface area contributed by atoms with Crippen molar-refractivity contribution >= 4 is 27.5 Å². The van der Waals surface area contributed by atoms with Gasteiger partial charge in [0.25, 0.3) is 0 Å². The molecular formula is C7H5BrClF2NO. The van der Waals surface area contributed by atoms with Crippen LogP contribution in [0.25, 0.3) is 0 Å². The van der Waals surface area contributed by atoms with Gasteiger partial charge in [-0.25, -0.2) is 4.98 Å². The highest BCUT2D eigenvalue weighted by atomic mass is 79.9. The van der Waals surface area contributed by atoms with E-state index in [1.807, 2.05) is 0 Å². The van der Waals surface area contributed by atoms with Crippen molar-refractivity contribution in [3.63, 3.8) is 0 Å². The third-order valence-corrected chi connectivity index (χ3v) is 2.08. The predicted octanol–water partition coefficient (Wildman–Crippen LogP) is 3.23. The molecule has 0 saturated carbocycles. The van der Waals surface area contributed by atoms with Gasteiger partial charge >= 0.3 is 6.61 Å². The second-order valence-electron chi connectivity index (χ2n) is 2.13. The number of pyridine rings is 1. The Morgan fingerprint density at radius 3 is 2.85 bits per heavy atom. The molecule has 0 amide bonds. The summed E-state index contributed by atoms with van der Waals surface area (Å²) in [6.07, 6.45) is 1.38. The van der Waals surface area contributed by atoms with Gasteiger partial charge in [0.1, 0.15) is 10.9 Å². The molecule has 0 radical (unpaired) electrons. The van der Waals surface area contributed by atoms with Crippen LogP contribution in [0.5, 0.6) is 5.75 Å². The molecule has 0 saturated heterocycles. The summed E-state index contributed by atoms with van der Waals surface area (Å²) in [5, 5.41) is 0.513. The first kappa shape index (κ1) is 10.7. The second kappa shape index (κ2) is 4.72. The summed E-state index contributed by atoms with van der Waals surface area (Å²) >= 11 is 8.62. The van der Waals surface area contributed by atoms with Gasteiger partial charge in [-0.15, -0.1) is 0 Å². The van der Waals surface area contributed by atoms with Gasteiger partial charge in [-0.3, -0.25) is 0 Å². The number of ether oxygens (including phenoxy) is 1. The minimum absolute atomic E-state index is 0.0480. The molecule has 0 bridgehead atoms. The highest BCUT2D eigenvalue weighted by molar-refractivity contribution is 9.08. The number of rotatable bonds is 3. The van der Waals surface area contributed by atoms with Gasteiger partial charge in [0, 0.05) is 23.2 Å². The van der Waals surface area contributed by atoms with Crippen LogP contribution >= 0.6 is 27.5 Å². The number of hydrogen-bond donors (Lipinski definition) is 0. The van der Waals surface area contributed by atoms with E-state index in [9.17, 15) is 8.78 Å². The van der Waals surface area contributed by atoms with Crippen molar-refractivity contribution in [2.75, 3.05) is 0 Å². The summed E-state index contributed by atoms with van der Waals surface area (Å²) in [5.74, 6) is 0.0480. The molecule has 1 aromatic rings. The molecule has 2 nitrogen and oxygen atoms in total. The zero-order valence-electron chi connectivity index (χ0n) is 6.31. The second-order valence-corrected chi connectivity index (χ2v) is 3.07. The zero-order valence-corrected chi connectivity index (χ0v) is 8.65. The molecule has 0 aliphatic carbocycles. The summed E-state index contributed by atoms with van der Waals surface area (Å²) in [5.41, 5.74) is 0.532. The van der Waals surface area contributed by atoms with Crippen molar-refractivity contribution in [3.05, 3.63) is 23.0 Å². The van der Waals surface area contributed by atoms with E-state index in [2.05, 4.69) is 25.7 Å². The molecule has 1 heterocycles. The van der Waals surface area contributed by atoms with Crippen molar-refractivity contribution in [2.24, 2.45) is 0 Å². The quantitative estimate of drug-likeness (QED) is 0.622. The van der Waals surface area contributed by atoms with E-state index in [1.165, 1.54) is 12.3 Å². The SMILES string of the molecule is FC(F)Oc1cc(Cl)ncc1CBr. The average molecular weight is 272 g/mol.